The SMILES string of the molecule is CCCC(C)COCC(=O)C1CCCC1. The summed E-state index contributed by atoms with van der Waals surface area (Å²) in [6, 6.07) is 0. The van der Waals surface area contributed by atoms with Crippen molar-refractivity contribution >= 4 is 5.78 Å². The molecule has 1 aliphatic rings. The van der Waals surface area contributed by atoms with E-state index in [0.29, 0.717) is 24.2 Å². The topological polar surface area (TPSA) is 26.3 Å². The highest BCUT2D eigenvalue weighted by Crippen LogP contribution is 2.25. The number of carbonyl (C=O) groups excluding carboxylic acids is 1. The molecule has 0 saturated heterocycles. The van der Waals surface area contributed by atoms with Gasteiger partial charge < -0.3 is 4.74 Å². The number of hydrogen-bond acceptors (Lipinski definition) is 2. The normalized spacial score (nSPS) is 19.3. The maximum Gasteiger partial charge on any atom is 0.161 e. The van der Waals surface area contributed by atoms with Gasteiger partial charge in [0.15, 0.2) is 5.78 Å². The molecule has 1 fully saturated rings. The third kappa shape index (κ3) is 4.78. The van der Waals surface area contributed by atoms with E-state index < -0.39 is 0 Å². The van der Waals surface area contributed by atoms with Gasteiger partial charge in [-0.1, -0.05) is 33.1 Å². The molecule has 0 aromatic carbocycles. The molecule has 0 radical (unpaired) electrons. The fourth-order valence-corrected chi connectivity index (χ4v) is 2.30. The van der Waals surface area contributed by atoms with Crippen molar-refractivity contribution in [2.75, 3.05) is 13.2 Å². The smallest absolute Gasteiger partial charge is 0.161 e. The average molecular weight is 212 g/mol. The molecule has 1 rings (SSSR count). The van der Waals surface area contributed by atoms with Crippen LogP contribution < -0.4 is 0 Å². The van der Waals surface area contributed by atoms with Gasteiger partial charge in [0, 0.05) is 12.5 Å². The molecule has 1 aliphatic carbocycles. The molecule has 0 aliphatic heterocycles. The monoisotopic (exact) mass is 212 g/mol. The molecule has 0 aromatic heterocycles. The molecule has 2 nitrogen and oxygen atoms in total. The van der Waals surface area contributed by atoms with E-state index in [1.807, 2.05) is 0 Å². The van der Waals surface area contributed by atoms with Crippen LogP contribution in [0.3, 0.4) is 0 Å². The van der Waals surface area contributed by atoms with Crippen LogP contribution in [0.15, 0.2) is 0 Å². The van der Waals surface area contributed by atoms with Gasteiger partial charge in [-0.15, -0.1) is 0 Å². The summed E-state index contributed by atoms with van der Waals surface area (Å²) < 4.78 is 5.47. The van der Waals surface area contributed by atoms with Crippen molar-refractivity contribution in [2.45, 2.75) is 52.4 Å². The van der Waals surface area contributed by atoms with Crippen LogP contribution in [0.25, 0.3) is 0 Å². The van der Waals surface area contributed by atoms with Gasteiger partial charge in [-0.05, 0) is 25.2 Å². The molecule has 0 N–H and O–H groups in total. The molecule has 1 atom stereocenters. The lowest BCUT2D eigenvalue weighted by molar-refractivity contribution is -0.127. The molecule has 0 aromatic rings. The van der Waals surface area contributed by atoms with E-state index in [4.69, 9.17) is 4.74 Å². The second-order valence-corrected chi connectivity index (χ2v) is 4.86. The Kier molecular flexibility index (Phi) is 5.92. The molecule has 2 heteroatoms. The zero-order valence-electron chi connectivity index (χ0n) is 10.1. The van der Waals surface area contributed by atoms with Crippen LogP contribution in [0.4, 0.5) is 0 Å². The van der Waals surface area contributed by atoms with Crippen LogP contribution in [0, 0.1) is 11.8 Å². The fraction of sp³-hybridized carbons (Fsp3) is 0.923. The number of carbonyl (C=O) groups is 1. The van der Waals surface area contributed by atoms with Gasteiger partial charge in [0.05, 0.1) is 0 Å². The van der Waals surface area contributed by atoms with E-state index in [1.54, 1.807) is 0 Å². The highest BCUT2D eigenvalue weighted by molar-refractivity contribution is 5.82. The minimum Gasteiger partial charge on any atom is -0.373 e. The Balaban J connectivity index is 2.06. The zero-order chi connectivity index (χ0) is 11.1. The molecule has 1 unspecified atom stereocenters. The minimum atomic E-state index is 0.312. The first-order valence-corrected chi connectivity index (χ1v) is 6.34. The lowest BCUT2D eigenvalue weighted by Crippen LogP contribution is -2.19. The molecule has 15 heavy (non-hydrogen) atoms. The van der Waals surface area contributed by atoms with E-state index in [1.165, 1.54) is 25.7 Å². The summed E-state index contributed by atoms with van der Waals surface area (Å²) in [4.78, 5) is 11.7. The number of ether oxygens (including phenoxy) is 1. The van der Waals surface area contributed by atoms with Crippen LogP contribution in [-0.2, 0) is 9.53 Å². The summed E-state index contributed by atoms with van der Waals surface area (Å²) in [6.07, 6.45) is 7.02. The Hall–Kier alpha value is -0.370. The lowest BCUT2D eigenvalue weighted by atomic mass is 10.0. The number of Topliss-reactive ketones (excluding diaryl/α,β-unsaturated/α-hetero) is 1. The van der Waals surface area contributed by atoms with Gasteiger partial charge in [0.2, 0.25) is 0 Å². The lowest BCUT2D eigenvalue weighted by Gasteiger charge is -2.12. The Bertz CT molecular complexity index is 183. The van der Waals surface area contributed by atoms with E-state index in [0.717, 1.165) is 19.4 Å². The predicted molar refractivity (Wildman–Crippen MR) is 61.9 cm³/mol. The highest BCUT2D eigenvalue weighted by atomic mass is 16.5. The first-order valence-electron chi connectivity index (χ1n) is 6.34. The second-order valence-electron chi connectivity index (χ2n) is 4.86. The van der Waals surface area contributed by atoms with E-state index >= 15 is 0 Å². The van der Waals surface area contributed by atoms with Crippen LogP contribution in [-0.4, -0.2) is 19.0 Å². The second kappa shape index (κ2) is 7.00. The van der Waals surface area contributed by atoms with Crippen molar-refractivity contribution in [2.24, 2.45) is 11.8 Å². The van der Waals surface area contributed by atoms with E-state index in [-0.39, 0.29) is 0 Å². The molecule has 0 spiro atoms. The van der Waals surface area contributed by atoms with Crippen molar-refractivity contribution in [3.63, 3.8) is 0 Å². The quantitative estimate of drug-likeness (QED) is 0.648. The Morgan fingerprint density at radius 1 is 1.40 bits per heavy atom. The van der Waals surface area contributed by atoms with Crippen LogP contribution in [0.2, 0.25) is 0 Å². The van der Waals surface area contributed by atoms with E-state index in [2.05, 4.69) is 13.8 Å². The summed E-state index contributed by atoms with van der Waals surface area (Å²) in [5, 5.41) is 0. The first-order chi connectivity index (χ1) is 7.24. The number of hydrogen-bond donors (Lipinski definition) is 0. The summed E-state index contributed by atoms with van der Waals surface area (Å²) in [7, 11) is 0. The fourth-order valence-electron chi connectivity index (χ4n) is 2.30. The molecule has 0 bridgehead atoms. The van der Waals surface area contributed by atoms with Crippen molar-refractivity contribution in [1.82, 2.24) is 0 Å². The van der Waals surface area contributed by atoms with Gasteiger partial charge in [-0.2, -0.15) is 0 Å². The molecular weight excluding hydrogens is 188 g/mol. The average Bonchev–Trinajstić information content (AvgIpc) is 2.70. The summed E-state index contributed by atoms with van der Waals surface area (Å²) >= 11 is 0. The van der Waals surface area contributed by atoms with Gasteiger partial charge in [0.25, 0.3) is 0 Å². The molecule has 88 valence electrons. The van der Waals surface area contributed by atoms with Gasteiger partial charge in [0.1, 0.15) is 6.61 Å². The van der Waals surface area contributed by atoms with Crippen LogP contribution >= 0.6 is 0 Å². The van der Waals surface area contributed by atoms with Crippen LogP contribution in [0.1, 0.15) is 52.4 Å². The predicted octanol–water partition coefficient (Wildman–Crippen LogP) is 3.20. The minimum absolute atomic E-state index is 0.312. The third-order valence-corrected chi connectivity index (χ3v) is 3.24. The van der Waals surface area contributed by atoms with Crippen molar-refractivity contribution in [3.8, 4) is 0 Å². The highest BCUT2D eigenvalue weighted by Gasteiger charge is 2.22. The molecule has 0 amide bonds. The maximum absolute atomic E-state index is 11.7. The van der Waals surface area contributed by atoms with E-state index in [9.17, 15) is 4.79 Å². The van der Waals surface area contributed by atoms with Gasteiger partial charge in [-0.25, -0.2) is 0 Å². The van der Waals surface area contributed by atoms with Crippen LogP contribution in [0.5, 0.6) is 0 Å². The molecule has 0 heterocycles. The summed E-state index contributed by atoms with van der Waals surface area (Å²) in [5.74, 6) is 1.23. The van der Waals surface area contributed by atoms with Gasteiger partial charge >= 0.3 is 0 Å². The summed E-state index contributed by atoms with van der Waals surface area (Å²) in [6.45, 7) is 5.45. The Labute approximate surface area is 93.4 Å². The van der Waals surface area contributed by atoms with Crippen molar-refractivity contribution in [3.05, 3.63) is 0 Å². The van der Waals surface area contributed by atoms with Gasteiger partial charge in [-0.3, -0.25) is 4.79 Å². The number of ketones is 1. The largest absolute Gasteiger partial charge is 0.373 e. The molecule has 1 saturated carbocycles. The zero-order valence-corrected chi connectivity index (χ0v) is 10.1. The first kappa shape index (κ1) is 12.7. The van der Waals surface area contributed by atoms with Crippen molar-refractivity contribution < 1.29 is 9.53 Å². The molecular formula is C13H24O2. The maximum atomic E-state index is 11.7. The number of rotatable bonds is 7. The summed E-state index contributed by atoms with van der Waals surface area (Å²) in [5.41, 5.74) is 0. The Morgan fingerprint density at radius 3 is 2.67 bits per heavy atom. The Morgan fingerprint density at radius 2 is 2.07 bits per heavy atom. The van der Waals surface area contributed by atoms with Crippen molar-refractivity contribution in [1.29, 1.82) is 0 Å². The standard InChI is InChI=1S/C13H24O2/c1-3-6-11(2)9-15-10-13(14)12-7-4-5-8-12/h11-12H,3-10H2,1-2H3. The third-order valence-electron chi connectivity index (χ3n) is 3.24.